The number of carboxylic acid groups (broad SMARTS) is 1. The van der Waals surface area contributed by atoms with Gasteiger partial charge in [0.2, 0.25) is 10.0 Å². The zero-order valence-electron chi connectivity index (χ0n) is 30.8. The second-order valence-corrected chi connectivity index (χ2v) is 17.3. The molecular weight excluding hydrogens is 740 g/mol. The van der Waals surface area contributed by atoms with Crippen molar-refractivity contribution < 1.29 is 51.4 Å². The molecule has 55 heavy (non-hydrogen) atoms. The number of amides is 4. The Labute approximate surface area is 317 Å². The molecule has 18 heteroatoms. The Morgan fingerprint density at radius 2 is 1.80 bits per heavy atom. The minimum Gasteiger partial charge on any atom is -0.465 e. The number of nitrogens with one attached hydrogen (secondary N) is 3. The lowest BCUT2D eigenvalue weighted by Crippen LogP contribution is -2.52. The SMILES string of the molecule is C=CC(=O)C1CCN[C@@H](NC(=O)OC(C)(C)C)C(=O)CC[C@H](c2ccc3c(c2F)C(=O)N(C(=O)O)[C@H]3C(=O)NS(=O)(=O)C2CC2)N2CCC[C@H]2/C=N\C2=C1C2. The fraction of sp³-hybridized carbons (Fsp3) is 0.541. The average molecular weight is 785 g/mol. The van der Waals surface area contributed by atoms with Gasteiger partial charge in [-0.3, -0.25) is 44.4 Å². The van der Waals surface area contributed by atoms with Gasteiger partial charge in [0.25, 0.3) is 11.8 Å². The van der Waals surface area contributed by atoms with Gasteiger partial charge < -0.3 is 9.84 Å². The zero-order valence-corrected chi connectivity index (χ0v) is 31.6. The first-order valence-corrected chi connectivity index (χ1v) is 19.8. The number of aliphatic imine (C=N–C) groups is 1. The molecule has 4 N–H and O–H groups in total. The van der Waals surface area contributed by atoms with Crippen LogP contribution in [0.4, 0.5) is 14.0 Å². The van der Waals surface area contributed by atoms with Crippen molar-refractivity contribution in [2.45, 2.75) is 107 Å². The first-order chi connectivity index (χ1) is 25.9. The van der Waals surface area contributed by atoms with E-state index in [1.165, 1.54) is 18.2 Å². The Morgan fingerprint density at radius 1 is 1.09 bits per heavy atom. The molecule has 1 saturated carbocycles. The number of ketones is 2. The molecule has 3 heterocycles. The molecule has 1 aromatic rings. The van der Waals surface area contributed by atoms with Crippen LogP contribution >= 0.6 is 0 Å². The van der Waals surface area contributed by atoms with Crippen molar-refractivity contribution >= 4 is 51.8 Å². The smallest absolute Gasteiger partial charge is 0.415 e. The Morgan fingerprint density at radius 3 is 2.45 bits per heavy atom. The van der Waals surface area contributed by atoms with Crippen LogP contribution in [0.1, 0.15) is 106 Å². The molecule has 296 valence electrons. The summed E-state index contributed by atoms with van der Waals surface area (Å²) in [5, 5.41) is 14.7. The largest absolute Gasteiger partial charge is 0.465 e. The van der Waals surface area contributed by atoms with E-state index in [2.05, 4.69) is 17.2 Å². The van der Waals surface area contributed by atoms with Crippen molar-refractivity contribution in [1.29, 1.82) is 0 Å². The zero-order chi connectivity index (χ0) is 40.0. The summed E-state index contributed by atoms with van der Waals surface area (Å²) >= 11 is 0. The number of sulfonamides is 1. The number of allylic oxidation sites excluding steroid dienone is 3. The molecule has 6 rings (SSSR count). The molecule has 0 bridgehead atoms. The maximum Gasteiger partial charge on any atom is 0.415 e. The predicted molar refractivity (Wildman–Crippen MR) is 195 cm³/mol. The van der Waals surface area contributed by atoms with E-state index in [4.69, 9.17) is 9.73 Å². The summed E-state index contributed by atoms with van der Waals surface area (Å²) in [5.74, 6) is -4.95. The number of hydrogen-bond donors (Lipinski definition) is 4. The number of nitrogens with zero attached hydrogens (tertiary/aromatic N) is 3. The molecule has 1 saturated heterocycles. The van der Waals surface area contributed by atoms with Gasteiger partial charge in [-0.25, -0.2) is 27.3 Å². The number of hydrogen-bond acceptors (Lipinski definition) is 12. The molecule has 0 radical (unpaired) electrons. The van der Waals surface area contributed by atoms with Crippen LogP contribution in [0.2, 0.25) is 0 Å². The van der Waals surface area contributed by atoms with Crippen LogP contribution in [0.25, 0.3) is 0 Å². The number of carbonyl (C=O) groups is 6. The highest BCUT2D eigenvalue weighted by Gasteiger charge is 2.50. The topological polar surface area (TPSA) is 221 Å². The number of Topliss-reactive ketones (excluding diaryl/α,β-unsaturated/α-hetero) is 1. The Hall–Kier alpha value is -4.81. The average Bonchev–Trinajstić information content (AvgIpc) is 4.02. The Kier molecular flexibility index (Phi) is 11.1. The number of ether oxygens (including phenoxy) is 1. The van der Waals surface area contributed by atoms with Crippen molar-refractivity contribution in [2.75, 3.05) is 13.1 Å². The number of benzene rings is 1. The second kappa shape index (κ2) is 15.4. The summed E-state index contributed by atoms with van der Waals surface area (Å²) in [5.41, 5.74) is -0.358. The maximum absolute atomic E-state index is 16.9. The first-order valence-electron chi connectivity index (χ1n) is 18.3. The van der Waals surface area contributed by atoms with Crippen LogP contribution < -0.4 is 15.4 Å². The van der Waals surface area contributed by atoms with Gasteiger partial charge in [0.05, 0.1) is 10.8 Å². The molecule has 2 fully saturated rings. The number of imide groups is 1. The summed E-state index contributed by atoms with van der Waals surface area (Å²) in [7, 11) is -4.14. The summed E-state index contributed by atoms with van der Waals surface area (Å²) < 4.78 is 49.3. The molecular formula is C37H45FN6O10S. The third kappa shape index (κ3) is 8.55. The van der Waals surface area contributed by atoms with Crippen LogP contribution in [0.3, 0.4) is 0 Å². The summed E-state index contributed by atoms with van der Waals surface area (Å²) in [6.07, 6.45) is 1.48. The normalized spacial score (nSPS) is 26.8. The van der Waals surface area contributed by atoms with Gasteiger partial charge in [0.1, 0.15) is 23.6 Å². The molecule has 3 aliphatic heterocycles. The van der Waals surface area contributed by atoms with E-state index < -0.39 is 86.2 Å². The third-order valence-corrected chi connectivity index (χ3v) is 12.2. The minimum atomic E-state index is -4.14. The molecule has 5 aliphatic rings. The molecule has 4 amide bonds. The monoisotopic (exact) mass is 784 g/mol. The van der Waals surface area contributed by atoms with Crippen LogP contribution in [0.5, 0.6) is 0 Å². The molecule has 1 unspecified atom stereocenters. The van der Waals surface area contributed by atoms with Gasteiger partial charge in [0.15, 0.2) is 11.6 Å². The highest BCUT2D eigenvalue weighted by molar-refractivity contribution is 7.90. The van der Waals surface area contributed by atoms with Crippen molar-refractivity contribution in [3.8, 4) is 0 Å². The maximum atomic E-state index is 16.9. The van der Waals surface area contributed by atoms with Crippen LogP contribution in [-0.4, -0.2) is 101 Å². The lowest BCUT2D eigenvalue weighted by Gasteiger charge is -2.33. The van der Waals surface area contributed by atoms with Gasteiger partial charge in [-0.05, 0) is 84.0 Å². The van der Waals surface area contributed by atoms with Gasteiger partial charge in [0, 0.05) is 53.9 Å². The Bertz CT molecular complexity index is 2010. The lowest BCUT2D eigenvalue weighted by atomic mass is 9.92. The van der Waals surface area contributed by atoms with Crippen molar-refractivity contribution in [2.24, 2.45) is 10.9 Å². The van der Waals surface area contributed by atoms with E-state index in [9.17, 15) is 42.3 Å². The number of carbonyl (C=O) groups excluding carboxylic acids is 5. The fourth-order valence-corrected chi connectivity index (χ4v) is 8.84. The standard InChI is InChI=1S/C37H45FN6O10S/c1-5-27(45)21-14-15-39-32(41-35(49)54-37(2,3)4)28(46)13-12-26(43-16-6-7-19(43)18-40-25-17-24(21)25)22-10-11-23-29(30(22)38)34(48)44(36(50)51)31(23)33(47)42-55(52,53)20-8-9-20/h5,10-11,18-21,26,31-32,39H,1,6-9,12-17H2,2-4H3,(H,41,49)(H,42,47)(H,50,51)/b40-18-/t19-,21?,26+,31+,32-/m0/s1. The van der Waals surface area contributed by atoms with Crippen molar-refractivity contribution in [1.82, 2.24) is 25.2 Å². The summed E-state index contributed by atoms with van der Waals surface area (Å²) in [6.45, 7) is 9.21. The molecule has 5 atom stereocenters. The van der Waals surface area contributed by atoms with Gasteiger partial charge in [-0.1, -0.05) is 18.7 Å². The quantitative estimate of drug-likeness (QED) is 0.292. The molecule has 0 aromatic heterocycles. The van der Waals surface area contributed by atoms with Gasteiger partial charge >= 0.3 is 12.2 Å². The lowest BCUT2D eigenvalue weighted by molar-refractivity contribution is -0.123. The van der Waals surface area contributed by atoms with Crippen molar-refractivity contribution in [3.63, 3.8) is 0 Å². The van der Waals surface area contributed by atoms with Crippen LogP contribution in [-0.2, 0) is 29.1 Å². The van der Waals surface area contributed by atoms with E-state index in [1.54, 1.807) is 27.0 Å². The number of halogens is 1. The van der Waals surface area contributed by atoms with E-state index in [1.807, 2.05) is 9.62 Å². The second-order valence-electron chi connectivity index (χ2n) is 15.4. The summed E-state index contributed by atoms with van der Waals surface area (Å²) in [4.78, 5) is 85.5. The molecule has 16 nitrogen and oxygen atoms in total. The number of fused-ring (bicyclic) bond motifs is 2. The van der Waals surface area contributed by atoms with Gasteiger partial charge in [-0.15, -0.1) is 0 Å². The van der Waals surface area contributed by atoms with E-state index in [-0.39, 0.29) is 47.2 Å². The number of rotatable bonds is 7. The van der Waals surface area contributed by atoms with Gasteiger partial charge in [-0.2, -0.15) is 0 Å². The predicted octanol–water partition coefficient (Wildman–Crippen LogP) is 3.41. The third-order valence-electron chi connectivity index (χ3n) is 10.4. The van der Waals surface area contributed by atoms with E-state index >= 15 is 4.39 Å². The van der Waals surface area contributed by atoms with Crippen molar-refractivity contribution in [3.05, 3.63) is 58.6 Å². The summed E-state index contributed by atoms with van der Waals surface area (Å²) in [6, 6.07) is -0.628. The minimum absolute atomic E-state index is 0.0149. The van der Waals surface area contributed by atoms with Crippen LogP contribution in [0.15, 0.2) is 41.1 Å². The molecule has 0 spiro atoms. The van der Waals surface area contributed by atoms with E-state index in [0.29, 0.717) is 45.1 Å². The van der Waals surface area contributed by atoms with E-state index in [0.717, 1.165) is 11.3 Å². The first kappa shape index (κ1) is 39.9. The highest BCUT2D eigenvalue weighted by Crippen LogP contribution is 2.43. The number of alkyl carbamates (subject to hydrolysis) is 1. The van der Waals surface area contributed by atoms with Crippen LogP contribution in [0, 0.1) is 11.7 Å². The molecule has 1 aromatic carbocycles. The highest BCUT2D eigenvalue weighted by atomic mass is 32.2. The molecule has 2 aliphatic carbocycles. The Balaban J connectivity index is 1.37. The fourth-order valence-electron chi connectivity index (χ4n) is 7.52.